The molecule has 3 amide bonds. The molecule has 3 aromatic carbocycles. The van der Waals surface area contributed by atoms with Gasteiger partial charge in [0.25, 0.3) is 5.91 Å². The predicted molar refractivity (Wildman–Crippen MR) is 164 cm³/mol. The van der Waals surface area contributed by atoms with Crippen molar-refractivity contribution < 1.29 is 28.6 Å². The highest BCUT2D eigenvalue weighted by Gasteiger charge is 2.40. The first-order chi connectivity index (χ1) is 21.8. The van der Waals surface area contributed by atoms with Gasteiger partial charge in [-0.25, -0.2) is 4.39 Å². The van der Waals surface area contributed by atoms with Crippen LogP contribution >= 0.6 is 0 Å². The van der Waals surface area contributed by atoms with Gasteiger partial charge < -0.3 is 19.6 Å². The Bertz CT molecular complexity index is 1730. The number of imide groups is 1. The fourth-order valence-electron chi connectivity index (χ4n) is 6.48. The van der Waals surface area contributed by atoms with Crippen LogP contribution in [-0.4, -0.2) is 46.9 Å². The standard InChI is InChI=1S/C35H33FN4O5/c1-2-21-16-26(9-8-24(21)18-37)39-14-12-22(13-15-39)33(42)23-6-7-25(29(36)17-23)20-45-31-5-3-4-27-28(31)19-40(35(27)44)30-10-11-32(41)38-34(30)43/h2-9,16-17,22,30,33,42H,1,10-15,19-20H2,(H,38,41,43)/t30-,33?/m0/s1. The van der Waals surface area contributed by atoms with E-state index in [2.05, 4.69) is 22.9 Å². The maximum Gasteiger partial charge on any atom is 0.255 e. The van der Waals surface area contributed by atoms with E-state index in [0.29, 0.717) is 33.6 Å². The van der Waals surface area contributed by atoms with Gasteiger partial charge in [0.15, 0.2) is 0 Å². The van der Waals surface area contributed by atoms with Crippen molar-refractivity contribution in [3.8, 4) is 11.8 Å². The van der Waals surface area contributed by atoms with Crippen LogP contribution in [0.15, 0.2) is 61.2 Å². The van der Waals surface area contributed by atoms with Crippen LogP contribution in [-0.2, 0) is 22.7 Å². The number of hydrogen-bond acceptors (Lipinski definition) is 7. The summed E-state index contributed by atoms with van der Waals surface area (Å²) in [4.78, 5) is 40.7. The number of aliphatic hydroxyl groups excluding tert-OH is 1. The zero-order chi connectivity index (χ0) is 31.7. The number of carbonyl (C=O) groups is 3. The van der Waals surface area contributed by atoms with E-state index in [0.717, 1.165) is 37.2 Å². The lowest BCUT2D eigenvalue weighted by Gasteiger charge is -2.36. The van der Waals surface area contributed by atoms with Crippen molar-refractivity contribution in [2.24, 2.45) is 5.92 Å². The number of nitrogens with one attached hydrogen (secondary N) is 1. The molecule has 230 valence electrons. The second-order valence-corrected chi connectivity index (χ2v) is 11.7. The van der Waals surface area contributed by atoms with Crippen molar-refractivity contribution in [2.45, 2.75) is 51.0 Å². The predicted octanol–water partition coefficient (Wildman–Crippen LogP) is 4.63. The zero-order valence-corrected chi connectivity index (χ0v) is 24.7. The third-order valence-electron chi connectivity index (χ3n) is 9.07. The van der Waals surface area contributed by atoms with E-state index in [1.54, 1.807) is 42.5 Å². The summed E-state index contributed by atoms with van der Waals surface area (Å²) in [5.41, 5.74) is 4.22. The van der Waals surface area contributed by atoms with Gasteiger partial charge in [-0.2, -0.15) is 5.26 Å². The summed E-state index contributed by atoms with van der Waals surface area (Å²) >= 11 is 0. The second-order valence-electron chi connectivity index (χ2n) is 11.7. The van der Waals surface area contributed by atoms with Gasteiger partial charge in [0.1, 0.15) is 24.2 Å². The number of ether oxygens (including phenoxy) is 1. The molecule has 2 saturated heterocycles. The molecule has 0 spiro atoms. The van der Waals surface area contributed by atoms with E-state index >= 15 is 4.39 Å². The minimum atomic E-state index is -0.817. The van der Waals surface area contributed by atoms with Crippen LogP contribution in [0.4, 0.5) is 10.1 Å². The number of fused-ring (bicyclic) bond motifs is 1. The molecule has 0 aromatic heterocycles. The lowest BCUT2D eigenvalue weighted by molar-refractivity contribution is -0.136. The maximum atomic E-state index is 15.2. The van der Waals surface area contributed by atoms with Crippen LogP contribution in [0.1, 0.15) is 70.0 Å². The molecule has 3 aliphatic rings. The van der Waals surface area contributed by atoms with E-state index < -0.39 is 23.9 Å². The molecule has 2 N–H and O–H groups in total. The summed E-state index contributed by atoms with van der Waals surface area (Å²) < 4.78 is 21.2. The molecule has 6 rings (SSSR count). The van der Waals surface area contributed by atoms with E-state index in [1.165, 1.54) is 11.0 Å². The number of halogens is 1. The highest BCUT2D eigenvalue weighted by Crippen LogP contribution is 2.36. The van der Waals surface area contributed by atoms with Crippen molar-refractivity contribution in [3.05, 3.63) is 100 Å². The summed E-state index contributed by atoms with van der Waals surface area (Å²) in [6, 6.07) is 16.9. The van der Waals surface area contributed by atoms with Gasteiger partial charge in [-0.15, -0.1) is 0 Å². The summed E-state index contributed by atoms with van der Waals surface area (Å²) in [7, 11) is 0. The molecule has 0 saturated carbocycles. The molecule has 2 atom stereocenters. The number of benzene rings is 3. The minimum absolute atomic E-state index is 0.0308. The van der Waals surface area contributed by atoms with Crippen molar-refractivity contribution >= 4 is 29.5 Å². The molecule has 9 nitrogen and oxygen atoms in total. The fourth-order valence-corrected chi connectivity index (χ4v) is 6.48. The lowest BCUT2D eigenvalue weighted by atomic mass is 9.87. The Morgan fingerprint density at radius 2 is 1.91 bits per heavy atom. The van der Waals surface area contributed by atoms with Crippen molar-refractivity contribution in [1.82, 2.24) is 10.2 Å². The topological polar surface area (TPSA) is 123 Å². The van der Waals surface area contributed by atoms with Crippen LogP contribution in [0, 0.1) is 23.1 Å². The average Bonchev–Trinajstić information content (AvgIpc) is 3.39. The Morgan fingerprint density at radius 1 is 1.11 bits per heavy atom. The first-order valence-electron chi connectivity index (χ1n) is 15.0. The van der Waals surface area contributed by atoms with E-state index in [-0.39, 0.29) is 43.7 Å². The molecule has 0 aliphatic carbocycles. The van der Waals surface area contributed by atoms with E-state index in [1.807, 2.05) is 12.1 Å². The molecular weight excluding hydrogens is 575 g/mol. The Labute approximate surface area is 260 Å². The number of nitrogens with zero attached hydrogens (tertiary/aromatic N) is 3. The monoisotopic (exact) mass is 608 g/mol. The number of hydrogen-bond donors (Lipinski definition) is 2. The van der Waals surface area contributed by atoms with Crippen molar-refractivity contribution in [2.75, 3.05) is 18.0 Å². The molecular formula is C35H33FN4O5. The Morgan fingerprint density at radius 3 is 2.62 bits per heavy atom. The van der Waals surface area contributed by atoms with Gasteiger partial charge in [-0.05, 0) is 72.7 Å². The molecule has 1 unspecified atom stereocenters. The van der Waals surface area contributed by atoms with Crippen LogP contribution in [0.5, 0.6) is 5.75 Å². The molecule has 0 radical (unpaired) electrons. The van der Waals surface area contributed by atoms with Gasteiger partial charge in [0, 0.05) is 41.9 Å². The lowest BCUT2D eigenvalue weighted by Crippen LogP contribution is -2.52. The number of piperidine rings is 2. The zero-order valence-electron chi connectivity index (χ0n) is 24.7. The largest absolute Gasteiger partial charge is 0.488 e. The van der Waals surface area contributed by atoms with Crippen LogP contribution in [0.3, 0.4) is 0 Å². The fraction of sp³-hybridized carbons (Fsp3) is 0.314. The third-order valence-corrected chi connectivity index (χ3v) is 9.07. The first kappa shape index (κ1) is 30.0. The second kappa shape index (κ2) is 12.5. The number of rotatable bonds is 8. The summed E-state index contributed by atoms with van der Waals surface area (Å²) in [6.45, 7) is 5.32. The van der Waals surface area contributed by atoms with Gasteiger partial charge in [0.05, 0.1) is 24.3 Å². The quantitative estimate of drug-likeness (QED) is 0.358. The first-order valence-corrected chi connectivity index (χ1v) is 15.0. The molecule has 3 aliphatic heterocycles. The SMILES string of the molecule is C=Cc1cc(N2CCC(C(O)c3ccc(COc4cccc5c4CN([C@H]4CCC(=O)NC4=O)C5=O)c(F)c3)CC2)ccc1C#N. The number of anilines is 1. The van der Waals surface area contributed by atoms with Gasteiger partial charge >= 0.3 is 0 Å². The van der Waals surface area contributed by atoms with E-state index in [9.17, 15) is 24.8 Å². The molecule has 10 heteroatoms. The smallest absolute Gasteiger partial charge is 0.255 e. The summed E-state index contributed by atoms with van der Waals surface area (Å²) in [6.07, 6.45) is 2.74. The summed E-state index contributed by atoms with van der Waals surface area (Å²) in [5.74, 6) is -1.24. The molecule has 2 fully saturated rings. The molecule has 0 bridgehead atoms. The highest BCUT2D eigenvalue weighted by molar-refractivity contribution is 6.05. The van der Waals surface area contributed by atoms with Gasteiger partial charge in [0.2, 0.25) is 11.8 Å². The van der Waals surface area contributed by atoms with Crippen LogP contribution in [0.25, 0.3) is 6.08 Å². The minimum Gasteiger partial charge on any atom is -0.488 e. The molecule has 45 heavy (non-hydrogen) atoms. The van der Waals surface area contributed by atoms with Crippen LogP contribution < -0.4 is 15.0 Å². The van der Waals surface area contributed by atoms with Gasteiger partial charge in [-0.1, -0.05) is 30.9 Å². The molecule has 3 aromatic rings. The molecule has 3 heterocycles. The number of nitriles is 1. The average molecular weight is 609 g/mol. The summed E-state index contributed by atoms with van der Waals surface area (Å²) in [5, 5.41) is 22.7. The van der Waals surface area contributed by atoms with Crippen molar-refractivity contribution in [3.63, 3.8) is 0 Å². The normalized spacial score (nSPS) is 19.1. The Balaban J connectivity index is 1.07. The Hall–Kier alpha value is -5.01. The Kier molecular flexibility index (Phi) is 8.37. The maximum absolute atomic E-state index is 15.2. The van der Waals surface area contributed by atoms with Gasteiger partial charge in [-0.3, -0.25) is 19.7 Å². The number of amides is 3. The number of carbonyl (C=O) groups excluding carboxylic acids is 3. The highest BCUT2D eigenvalue weighted by atomic mass is 19.1. The third kappa shape index (κ3) is 5.91. The van der Waals surface area contributed by atoms with Crippen LogP contribution in [0.2, 0.25) is 0 Å². The van der Waals surface area contributed by atoms with E-state index in [4.69, 9.17) is 4.74 Å². The number of aliphatic hydroxyl groups is 1. The van der Waals surface area contributed by atoms with Crippen molar-refractivity contribution in [1.29, 1.82) is 5.26 Å².